The molecule has 7 heteroatoms. The standard InChI is InChI=1S/C9H16N4OS2/c1-9(11,7(10)14)4-2-3-5-15-8-12-6-13-16-8/h6H,2-5,11H2,1H3,(H2,10,14). The number of nitrogens with zero attached hydrogens (tertiary/aromatic N) is 2. The van der Waals surface area contributed by atoms with Gasteiger partial charge in [0.2, 0.25) is 5.91 Å². The number of rotatable bonds is 7. The van der Waals surface area contributed by atoms with Gasteiger partial charge in [0.1, 0.15) is 6.33 Å². The first-order valence-corrected chi connectivity index (χ1v) is 6.76. The quantitative estimate of drug-likeness (QED) is 0.563. The molecule has 5 nitrogen and oxygen atoms in total. The molecule has 0 aromatic carbocycles. The van der Waals surface area contributed by atoms with Crippen molar-refractivity contribution in [2.45, 2.75) is 36.1 Å². The molecule has 0 saturated carbocycles. The number of carbonyl (C=O) groups excluding carboxylic acids is 1. The minimum atomic E-state index is -0.882. The summed E-state index contributed by atoms with van der Waals surface area (Å²) in [6, 6.07) is 0. The lowest BCUT2D eigenvalue weighted by atomic mass is 9.96. The maximum atomic E-state index is 10.9. The fraction of sp³-hybridized carbons (Fsp3) is 0.667. The molecule has 0 aliphatic heterocycles. The van der Waals surface area contributed by atoms with Gasteiger partial charge in [0.25, 0.3) is 0 Å². The van der Waals surface area contributed by atoms with Crippen LogP contribution >= 0.6 is 23.3 Å². The van der Waals surface area contributed by atoms with Crippen LogP contribution in [0.2, 0.25) is 0 Å². The number of hydrogen-bond donors (Lipinski definition) is 2. The lowest BCUT2D eigenvalue weighted by molar-refractivity contribution is -0.122. The van der Waals surface area contributed by atoms with Crippen molar-refractivity contribution in [3.8, 4) is 0 Å². The minimum Gasteiger partial charge on any atom is -0.368 e. The van der Waals surface area contributed by atoms with E-state index >= 15 is 0 Å². The Morgan fingerprint density at radius 3 is 2.94 bits per heavy atom. The molecule has 0 spiro atoms. The fourth-order valence-corrected chi connectivity index (χ4v) is 2.62. The van der Waals surface area contributed by atoms with Crippen molar-refractivity contribution in [3.63, 3.8) is 0 Å². The zero-order valence-corrected chi connectivity index (χ0v) is 10.8. The van der Waals surface area contributed by atoms with Crippen LogP contribution in [0.1, 0.15) is 26.2 Å². The summed E-state index contributed by atoms with van der Waals surface area (Å²) in [5.74, 6) is 0.522. The molecule has 0 aliphatic rings. The van der Waals surface area contributed by atoms with Gasteiger partial charge in [0.15, 0.2) is 4.34 Å². The van der Waals surface area contributed by atoms with Crippen LogP contribution in [-0.4, -0.2) is 26.6 Å². The zero-order chi connectivity index (χ0) is 12.0. The maximum absolute atomic E-state index is 10.9. The SMILES string of the molecule is CC(N)(CCCCSc1ncns1)C(N)=O. The summed E-state index contributed by atoms with van der Waals surface area (Å²) >= 11 is 3.07. The third kappa shape index (κ3) is 4.46. The number of thioether (sulfide) groups is 1. The van der Waals surface area contributed by atoms with Gasteiger partial charge in [-0.25, -0.2) is 4.98 Å². The summed E-state index contributed by atoms with van der Waals surface area (Å²) in [5.41, 5.74) is 10.0. The predicted octanol–water partition coefficient (Wildman–Crippen LogP) is 1.00. The van der Waals surface area contributed by atoms with E-state index in [9.17, 15) is 4.79 Å². The monoisotopic (exact) mass is 260 g/mol. The molecule has 0 saturated heterocycles. The highest BCUT2D eigenvalue weighted by molar-refractivity contribution is 8.00. The highest BCUT2D eigenvalue weighted by Gasteiger charge is 2.24. The summed E-state index contributed by atoms with van der Waals surface area (Å²) in [6.07, 6.45) is 4.06. The number of nitrogens with two attached hydrogens (primary N) is 2. The number of primary amides is 1. The Balaban J connectivity index is 2.10. The Morgan fingerprint density at radius 2 is 2.38 bits per heavy atom. The molecule has 0 radical (unpaired) electrons. The van der Waals surface area contributed by atoms with E-state index in [4.69, 9.17) is 11.5 Å². The second-order valence-electron chi connectivity index (χ2n) is 3.79. The lowest BCUT2D eigenvalue weighted by Gasteiger charge is -2.19. The first-order valence-electron chi connectivity index (χ1n) is 5.00. The van der Waals surface area contributed by atoms with Crippen LogP contribution in [0.25, 0.3) is 0 Å². The molecule has 1 heterocycles. The molecule has 1 aromatic heterocycles. The van der Waals surface area contributed by atoms with E-state index in [0.29, 0.717) is 6.42 Å². The molecule has 90 valence electrons. The first kappa shape index (κ1) is 13.4. The first-order chi connectivity index (χ1) is 7.52. The molecule has 16 heavy (non-hydrogen) atoms. The summed E-state index contributed by atoms with van der Waals surface area (Å²) in [6.45, 7) is 1.67. The predicted molar refractivity (Wildman–Crippen MR) is 66.3 cm³/mol. The molecule has 1 unspecified atom stereocenters. The van der Waals surface area contributed by atoms with Gasteiger partial charge in [-0.3, -0.25) is 4.79 Å². The molecule has 0 aliphatic carbocycles. The highest BCUT2D eigenvalue weighted by Crippen LogP contribution is 2.20. The lowest BCUT2D eigenvalue weighted by Crippen LogP contribution is -2.49. The summed E-state index contributed by atoms with van der Waals surface area (Å²) < 4.78 is 4.89. The Labute approximate surface area is 103 Å². The molecule has 1 rings (SSSR count). The van der Waals surface area contributed by atoms with E-state index in [1.807, 2.05) is 0 Å². The summed E-state index contributed by atoms with van der Waals surface area (Å²) in [4.78, 5) is 15.0. The van der Waals surface area contributed by atoms with Gasteiger partial charge in [-0.1, -0.05) is 18.2 Å². The molecule has 1 amide bonds. The molecule has 1 atom stereocenters. The van der Waals surface area contributed by atoms with E-state index < -0.39 is 11.4 Å². The van der Waals surface area contributed by atoms with Crippen molar-refractivity contribution in [1.29, 1.82) is 0 Å². The van der Waals surface area contributed by atoms with E-state index in [-0.39, 0.29) is 0 Å². The Morgan fingerprint density at radius 1 is 1.62 bits per heavy atom. The van der Waals surface area contributed by atoms with Crippen molar-refractivity contribution in [1.82, 2.24) is 9.36 Å². The number of aromatic nitrogens is 2. The average molecular weight is 260 g/mol. The number of unbranched alkanes of at least 4 members (excludes halogenated alkanes) is 1. The topological polar surface area (TPSA) is 94.9 Å². The molecule has 1 aromatic rings. The van der Waals surface area contributed by atoms with Crippen LogP contribution in [-0.2, 0) is 4.79 Å². The maximum Gasteiger partial charge on any atom is 0.237 e. The van der Waals surface area contributed by atoms with Crippen molar-refractivity contribution >= 4 is 29.2 Å². The largest absolute Gasteiger partial charge is 0.368 e. The van der Waals surface area contributed by atoms with Crippen LogP contribution in [0.4, 0.5) is 0 Å². The van der Waals surface area contributed by atoms with E-state index in [1.165, 1.54) is 11.5 Å². The van der Waals surface area contributed by atoms with Gasteiger partial charge < -0.3 is 11.5 Å². The smallest absolute Gasteiger partial charge is 0.237 e. The Hall–Kier alpha value is -0.660. The second-order valence-corrected chi connectivity index (χ2v) is 5.92. The van der Waals surface area contributed by atoms with Gasteiger partial charge in [0, 0.05) is 5.75 Å². The third-order valence-corrected chi connectivity index (χ3v) is 4.10. The van der Waals surface area contributed by atoms with E-state index in [2.05, 4.69) is 9.36 Å². The van der Waals surface area contributed by atoms with Crippen LogP contribution in [0.5, 0.6) is 0 Å². The summed E-state index contributed by atoms with van der Waals surface area (Å²) in [7, 11) is 0. The van der Waals surface area contributed by atoms with Crippen molar-refractivity contribution in [2.75, 3.05) is 5.75 Å². The molecule has 4 N–H and O–H groups in total. The minimum absolute atomic E-state index is 0.440. The Kier molecular flexibility index (Phi) is 5.17. The van der Waals surface area contributed by atoms with E-state index in [1.54, 1.807) is 25.0 Å². The molecular formula is C9H16N4OS2. The number of carbonyl (C=O) groups is 1. The Bertz CT molecular complexity index is 326. The van der Waals surface area contributed by atoms with Gasteiger partial charge >= 0.3 is 0 Å². The normalized spacial score (nSPS) is 14.6. The zero-order valence-electron chi connectivity index (χ0n) is 9.18. The van der Waals surface area contributed by atoms with Crippen molar-refractivity contribution in [3.05, 3.63) is 6.33 Å². The number of hydrogen-bond acceptors (Lipinski definition) is 6. The molecular weight excluding hydrogens is 244 g/mol. The van der Waals surface area contributed by atoms with Crippen molar-refractivity contribution < 1.29 is 4.79 Å². The van der Waals surface area contributed by atoms with Crippen LogP contribution in [0.15, 0.2) is 10.7 Å². The van der Waals surface area contributed by atoms with Gasteiger partial charge in [-0.05, 0) is 31.3 Å². The highest BCUT2D eigenvalue weighted by atomic mass is 32.2. The van der Waals surface area contributed by atoms with E-state index in [0.717, 1.165) is 22.9 Å². The summed E-state index contributed by atoms with van der Waals surface area (Å²) in [5, 5.41) is 0. The van der Waals surface area contributed by atoms with Crippen LogP contribution in [0.3, 0.4) is 0 Å². The molecule has 0 fully saturated rings. The number of amides is 1. The van der Waals surface area contributed by atoms with Gasteiger partial charge in [-0.15, -0.1) is 0 Å². The van der Waals surface area contributed by atoms with Crippen molar-refractivity contribution in [2.24, 2.45) is 11.5 Å². The fourth-order valence-electron chi connectivity index (χ4n) is 1.10. The van der Waals surface area contributed by atoms with Gasteiger partial charge in [-0.2, -0.15) is 4.37 Å². The van der Waals surface area contributed by atoms with Crippen LogP contribution < -0.4 is 11.5 Å². The third-order valence-electron chi connectivity index (χ3n) is 2.22. The second kappa shape index (κ2) is 6.17. The average Bonchev–Trinajstić information content (AvgIpc) is 2.69. The molecule has 0 bridgehead atoms. The van der Waals surface area contributed by atoms with Gasteiger partial charge in [0.05, 0.1) is 5.54 Å². The van der Waals surface area contributed by atoms with Crippen LogP contribution in [0, 0.1) is 0 Å².